The molecule has 0 bridgehead atoms. The van der Waals surface area contributed by atoms with E-state index in [-0.39, 0.29) is 5.54 Å². The summed E-state index contributed by atoms with van der Waals surface area (Å²) in [5.41, 5.74) is 2.77. The highest BCUT2D eigenvalue weighted by Gasteiger charge is 2.39. The highest BCUT2D eigenvalue weighted by molar-refractivity contribution is 5.65. The van der Waals surface area contributed by atoms with E-state index >= 15 is 0 Å². The molecule has 1 N–H and O–H groups in total. The number of nitrogens with one attached hydrogen (secondary N) is 1. The molecule has 70 valence electrons. The molecule has 1 aromatic rings. The molecule has 1 nitrogen and oxygen atoms in total. The fourth-order valence-corrected chi connectivity index (χ4v) is 2.45. The number of rotatable bonds is 0. The predicted molar refractivity (Wildman–Crippen MR) is 59.5 cm³/mol. The molecule has 1 unspecified atom stereocenters. The highest BCUT2D eigenvalue weighted by atomic mass is 15.0. The molecule has 0 saturated heterocycles. The molecular formula is C13H13N. The average Bonchev–Trinajstić information content (AvgIpc) is 2.49. The van der Waals surface area contributed by atoms with Gasteiger partial charge >= 0.3 is 0 Å². The van der Waals surface area contributed by atoms with Crippen LogP contribution in [0.4, 0.5) is 5.69 Å². The third-order valence-electron chi connectivity index (χ3n) is 3.20. The third kappa shape index (κ3) is 0.897. The number of hydrogen-bond donors (Lipinski definition) is 1. The van der Waals surface area contributed by atoms with Gasteiger partial charge in [-0.2, -0.15) is 0 Å². The van der Waals surface area contributed by atoms with E-state index in [4.69, 9.17) is 0 Å². The van der Waals surface area contributed by atoms with Crippen molar-refractivity contribution in [1.82, 2.24) is 0 Å². The van der Waals surface area contributed by atoms with Gasteiger partial charge in [0, 0.05) is 11.6 Å². The molecule has 0 fully saturated rings. The molecule has 0 aromatic heterocycles. The zero-order valence-electron chi connectivity index (χ0n) is 8.20. The van der Waals surface area contributed by atoms with Crippen LogP contribution < -0.4 is 5.32 Å². The van der Waals surface area contributed by atoms with Gasteiger partial charge in [0.1, 0.15) is 0 Å². The minimum Gasteiger partial charge on any atom is -0.375 e. The second-order valence-electron chi connectivity index (χ2n) is 4.22. The van der Waals surface area contributed by atoms with E-state index in [0.29, 0.717) is 5.92 Å². The maximum absolute atomic E-state index is 3.57. The zero-order chi connectivity index (χ0) is 9.60. The summed E-state index contributed by atoms with van der Waals surface area (Å²) in [4.78, 5) is 0. The molecule has 1 aliphatic heterocycles. The molecular weight excluding hydrogens is 170 g/mol. The standard InChI is InChI=1S/C13H13N/c1-13-9-5-4-7-11(13)10-6-2-3-8-12(10)14-13/h2-9,11,14H,1H3/t11?,13-/m0/s1. The van der Waals surface area contributed by atoms with Crippen molar-refractivity contribution in [3.05, 3.63) is 54.1 Å². The first kappa shape index (κ1) is 7.86. The van der Waals surface area contributed by atoms with E-state index in [1.54, 1.807) is 0 Å². The summed E-state index contributed by atoms with van der Waals surface area (Å²) in [5, 5.41) is 3.57. The summed E-state index contributed by atoms with van der Waals surface area (Å²) in [7, 11) is 0. The molecule has 1 aromatic carbocycles. The number of hydrogen-bond acceptors (Lipinski definition) is 1. The van der Waals surface area contributed by atoms with E-state index in [0.717, 1.165) is 0 Å². The maximum atomic E-state index is 3.57. The molecule has 1 aliphatic carbocycles. The van der Waals surface area contributed by atoms with Crippen molar-refractivity contribution in [1.29, 1.82) is 0 Å². The lowest BCUT2D eigenvalue weighted by Gasteiger charge is -2.29. The van der Waals surface area contributed by atoms with Crippen molar-refractivity contribution in [3.8, 4) is 0 Å². The first-order chi connectivity index (χ1) is 6.80. The Morgan fingerprint density at radius 3 is 3.00 bits per heavy atom. The third-order valence-corrected chi connectivity index (χ3v) is 3.20. The summed E-state index contributed by atoms with van der Waals surface area (Å²) in [6.45, 7) is 2.25. The Labute approximate surface area is 84.1 Å². The van der Waals surface area contributed by atoms with Crippen LogP contribution in [0.15, 0.2) is 48.6 Å². The second kappa shape index (κ2) is 2.50. The Bertz CT molecular complexity index is 431. The van der Waals surface area contributed by atoms with Crippen molar-refractivity contribution in [2.75, 3.05) is 5.32 Å². The number of anilines is 1. The Kier molecular flexibility index (Phi) is 1.41. The normalized spacial score (nSPS) is 32.2. The lowest BCUT2D eigenvalue weighted by Crippen LogP contribution is -2.33. The van der Waals surface area contributed by atoms with E-state index in [1.165, 1.54) is 11.3 Å². The van der Waals surface area contributed by atoms with Crippen LogP contribution in [-0.4, -0.2) is 5.54 Å². The molecule has 14 heavy (non-hydrogen) atoms. The van der Waals surface area contributed by atoms with E-state index in [2.05, 4.69) is 60.8 Å². The summed E-state index contributed by atoms with van der Waals surface area (Å²) in [6, 6.07) is 8.56. The van der Waals surface area contributed by atoms with Gasteiger partial charge in [-0.25, -0.2) is 0 Å². The monoisotopic (exact) mass is 183 g/mol. The molecule has 0 saturated carbocycles. The molecule has 0 amide bonds. The molecule has 3 rings (SSSR count). The predicted octanol–water partition coefficient (Wildman–Crippen LogP) is 3.08. The van der Waals surface area contributed by atoms with E-state index < -0.39 is 0 Å². The van der Waals surface area contributed by atoms with Crippen LogP contribution in [0, 0.1) is 0 Å². The van der Waals surface area contributed by atoms with Gasteiger partial charge in [0.05, 0.1) is 5.54 Å². The van der Waals surface area contributed by atoms with Gasteiger partial charge in [0.15, 0.2) is 0 Å². The van der Waals surface area contributed by atoms with Crippen LogP contribution in [0.3, 0.4) is 0 Å². The first-order valence-electron chi connectivity index (χ1n) is 5.03. The van der Waals surface area contributed by atoms with Crippen LogP contribution in [-0.2, 0) is 0 Å². The van der Waals surface area contributed by atoms with E-state index in [9.17, 15) is 0 Å². The minimum absolute atomic E-state index is 0.0818. The van der Waals surface area contributed by atoms with Gasteiger partial charge in [0.25, 0.3) is 0 Å². The van der Waals surface area contributed by atoms with E-state index in [1.807, 2.05) is 0 Å². The van der Waals surface area contributed by atoms with Crippen molar-refractivity contribution < 1.29 is 0 Å². The largest absolute Gasteiger partial charge is 0.375 e. The van der Waals surface area contributed by atoms with Crippen LogP contribution in [0.5, 0.6) is 0 Å². The van der Waals surface area contributed by atoms with Gasteiger partial charge in [0.2, 0.25) is 0 Å². The fourth-order valence-electron chi connectivity index (χ4n) is 2.45. The number of allylic oxidation sites excluding steroid dienone is 2. The number of para-hydroxylation sites is 1. The number of benzene rings is 1. The molecule has 2 aliphatic rings. The molecule has 0 spiro atoms. The average molecular weight is 183 g/mol. The topological polar surface area (TPSA) is 12.0 Å². The van der Waals surface area contributed by atoms with Gasteiger partial charge < -0.3 is 5.32 Å². The fraction of sp³-hybridized carbons (Fsp3) is 0.231. The zero-order valence-corrected chi connectivity index (χ0v) is 8.20. The quantitative estimate of drug-likeness (QED) is 0.651. The van der Waals surface area contributed by atoms with Gasteiger partial charge in [-0.15, -0.1) is 0 Å². The highest BCUT2D eigenvalue weighted by Crippen LogP contribution is 2.45. The van der Waals surface area contributed by atoms with Crippen molar-refractivity contribution >= 4 is 5.69 Å². The van der Waals surface area contributed by atoms with Crippen LogP contribution in [0.25, 0.3) is 0 Å². The van der Waals surface area contributed by atoms with Crippen LogP contribution in [0.2, 0.25) is 0 Å². The summed E-state index contributed by atoms with van der Waals surface area (Å²) >= 11 is 0. The van der Waals surface area contributed by atoms with Crippen LogP contribution in [0.1, 0.15) is 18.4 Å². The van der Waals surface area contributed by atoms with Crippen molar-refractivity contribution in [3.63, 3.8) is 0 Å². The van der Waals surface area contributed by atoms with Gasteiger partial charge in [-0.05, 0) is 18.6 Å². The lowest BCUT2D eigenvalue weighted by molar-refractivity contribution is 0.596. The SMILES string of the molecule is C[C@]12C=CC=CC1c1ccccc1N2. The Balaban J connectivity index is 2.18. The molecule has 1 heteroatoms. The Morgan fingerprint density at radius 1 is 1.21 bits per heavy atom. The first-order valence-corrected chi connectivity index (χ1v) is 5.03. The van der Waals surface area contributed by atoms with Crippen molar-refractivity contribution in [2.45, 2.75) is 18.4 Å². The second-order valence-corrected chi connectivity index (χ2v) is 4.22. The van der Waals surface area contributed by atoms with Gasteiger partial charge in [-0.1, -0.05) is 42.5 Å². The number of fused-ring (bicyclic) bond motifs is 3. The van der Waals surface area contributed by atoms with Gasteiger partial charge in [-0.3, -0.25) is 0 Å². The molecule has 1 heterocycles. The maximum Gasteiger partial charge on any atom is 0.0635 e. The Morgan fingerprint density at radius 2 is 2.07 bits per heavy atom. The Hall–Kier alpha value is -1.50. The summed E-state index contributed by atoms with van der Waals surface area (Å²) in [5.74, 6) is 0.490. The minimum atomic E-state index is 0.0818. The van der Waals surface area contributed by atoms with Crippen LogP contribution >= 0.6 is 0 Å². The lowest BCUT2D eigenvalue weighted by atomic mass is 9.81. The van der Waals surface area contributed by atoms with Crippen molar-refractivity contribution in [2.24, 2.45) is 0 Å². The smallest absolute Gasteiger partial charge is 0.0635 e. The summed E-state index contributed by atoms with van der Waals surface area (Å²) < 4.78 is 0. The molecule has 0 radical (unpaired) electrons. The molecule has 2 atom stereocenters. The summed E-state index contributed by atoms with van der Waals surface area (Å²) in [6.07, 6.45) is 8.78.